The molecule has 1 aromatic heterocycles. The van der Waals surface area contributed by atoms with E-state index in [4.69, 9.17) is 0 Å². The van der Waals surface area contributed by atoms with Gasteiger partial charge >= 0.3 is 0 Å². The fraction of sp³-hybridized carbons (Fsp3) is 0.647. The van der Waals surface area contributed by atoms with Crippen molar-refractivity contribution in [2.24, 2.45) is 4.99 Å². The van der Waals surface area contributed by atoms with Crippen molar-refractivity contribution in [1.82, 2.24) is 15.5 Å². The molecule has 0 saturated carbocycles. The summed E-state index contributed by atoms with van der Waals surface area (Å²) in [6.07, 6.45) is 0. The van der Waals surface area contributed by atoms with Gasteiger partial charge < -0.3 is 15.5 Å². The predicted octanol–water partition coefficient (Wildman–Crippen LogP) is 3.07. The molecular weight excluding hydrogens is 435 g/mol. The van der Waals surface area contributed by atoms with Gasteiger partial charge in [-0.1, -0.05) is 19.9 Å². The highest BCUT2D eigenvalue weighted by Gasteiger charge is 2.23. The molecule has 0 aliphatic carbocycles. The fourth-order valence-corrected chi connectivity index (χ4v) is 3.04. The van der Waals surface area contributed by atoms with Gasteiger partial charge in [-0.15, -0.1) is 35.3 Å². The first-order valence-corrected chi connectivity index (χ1v) is 8.70. The Kier molecular flexibility index (Phi) is 9.27. The zero-order valence-electron chi connectivity index (χ0n) is 15.8. The first-order valence-electron chi connectivity index (χ1n) is 7.82. The topological polar surface area (TPSA) is 56.7 Å². The summed E-state index contributed by atoms with van der Waals surface area (Å²) in [5.41, 5.74) is -0.214. The Balaban J connectivity index is 0.00000529. The number of carbonyl (C=O) groups excluding carboxylic acids is 1. The van der Waals surface area contributed by atoms with Crippen LogP contribution in [0.25, 0.3) is 0 Å². The second kappa shape index (κ2) is 9.60. The largest absolute Gasteiger partial charge is 0.355 e. The Morgan fingerprint density at radius 3 is 2.38 bits per heavy atom. The summed E-state index contributed by atoms with van der Waals surface area (Å²) in [5.74, 6) is 0.708. The zero-order valence-corrected chi connectivity index (χ0v) is 18.9. The lowest BCUT2D eigenvalue weighted by atomic mass is 9.91. The molecule has 0 saturated heterocycles. The number of thiophene rings is 1. The number of halogens is 1. The molecule has 0 unspecified atom stereocenters. The Bertz CT molecular complexity index is 535. The lowest BCUT2D eigenvalue weighted by molar-refractivity contribution is -0.122. The van der Waals surface area contributed by atoms with Crippen molar-refractivity contribution >= 4 is 47.2 Å². The third-order valence-electron chi connectivity index (χ3n) is 3.35. The van der Waals surface area contributed by atoms with Crippen LogP contribution in [0.15, 0.2) is 22.5 Å². The van der Waals surface area contributed by atoms with Crippen molar-refractivity contribution in [1.29, 1.82) is 0 Å². The van der Waals surface area contributed by atoms with Crippen molar-refractivity contribution < 1.29 is 4.79 Å². The maximum Gasteiger partial charge on any atom is 0.240 e. The van der Waals surface area contributed by atoms with Gasteiger partial charge in [0.1, 0.15) is 0 Å². The summed E-state index contributed by atoms with van der Waals surface area (Å²) < 4.78 is 0. The normalized spacial score (nSPS) is 12.4. The molecule has 2 N–H and O–H groups in total. The molecule has 1 aromatic rings. The van der Waals surface area contributed by atoms with E-state index < -0.39 is 0 Å². The number of hydrogen-bond acceptors (Lipinski definition) is 3. The van der Waals surface area contributed by atoms with Crippen LogP contribution in [0.3, 0.4) is 0 Å². The van der Waals surface area contributed by atoms with Crippen molar-refractivity contribution in [2.75, 3.05) is 27.2 Å². The Labute approximate surface area is 167 Å². The van der Waals surface area contributed by atoms with E-state index in [1.54, 1.807) is 18.4 Å². The molecular formula is C17H31IN4OS. The number of carbonyl (C=O) groups is 1. The fourth-order valence-electron chi connectivity index (χ4n) is 2.18. The van der Waals surface area contributed by atoms with Crippen LogP contribution >= 0.6 is 35.3 Å². The summed E-state index contributed by atoms with van der Waals surface area (Å²) in [6.45, 7) is 11.4. The van der Waals surface area contributed by atoms with E-state index in [1.807, 2.05) is 32.7 Å². The van der Waals surface area contributed by atoms with Crippen molar-refractivity contribution in [2.45, 2.75) is 45.6 Å². The predicted molar refractivity (Wildman–Crippen MR) is 115 cm³/mol. The van der Waals surface area contributed by atoms with E-state index in [1.165, 1.54) is 4.88 Å². The van der Waals surface area contributed by atoms with Gasteiger partial charge in [0.25, 0.3) is 0 Å². The Hall–Kier alpha value is -0.830. The number of nitrogens with one attached hydrogen (secondary N) is 2. The van der Waals surface area contributed by atoms with Crippen molar-refractivity contribution in [3.05, 3.63) is 22.4 Å². The zero-order chi connectivity index (χ0) is 17.7. The highest BCUT2D eigenvalue weighted by atomic mass is 127. The first-order chi connectivity index (χ1) is 10.5. The van der Waals surface area contributed by atoms with Crippen LogP contribution in [0, 0.1) is 0 Å². The van der Waals surface area contributed by atoms with Gasteiger partial charge in [-0.05, 0) is 32.2 Å². The minimum Gasteiger partial charge on any atom is -0.355 e. The maximum atomic E-state index is 12.0. The number of likely N-dealkylation sites (N-methyl/N-ethyl adjacent to an activating group) is 1. The first kappa shape index (κ1) is 23.2. The van der Waals surface area contributed by atoms with Crippen LogP contribution in [0.4, 0.5) is 0 Å². The summed E-state index contributed by atoms with van der Waals surface area (Å²) in [7, 11) is 3.61. The van der Waals surface area contributed by atoms with E-state index in [-0.39, 0.29) is 47.4 Å². The second-order valence-electron chi connectivity index (χ2n) is 7.42. The van der Waals surface area contributed by atoms with E-state index in [0.717, 1.165) is 12.5 Å². The highest BCUT2D eigenvalue weighted by molar-refractivity contribution is 14.0. The molecule has 0 spiro atoms. The Morgan fingerprint density at radius 1 is 1.29 bits per heavy atom. The molecule has 5 nitrogen and oxygen atoms in total. The number of amides is 1. The summed E-state index contributed by atoms with van der Waals surface area (Å²) in [4.78, 5) is 19.5. The molecule has 0 bridgehead atoms. The second-order valence-corrected chi connectivity index (χ2v) is 8.36. The number of hydrogen-bond donors (Lipinski definition) is 2. The van der Waals surface area contributed by atoms with Gasteiger partial charge in [0.2, 0.25) is 5.91 Å². The van der Waals surface area contributed by atoms with Crippen LogP contribution in [0.1, 0.15) is 39.5 Å². The minimum atomic E-state index is -0.226. The number of rotatable bonds is 5. The molecule has 1 heterocycles. The average molecular weight is 466 g/mol. The van der Waals surface area contributed by atoms with Gasteiger partial charge in [0, 0.05) is 36.5 Å². The van der Waals surface area contributed by atoms with Gasteiger partial charge in [0.05, 0.1) is 6.54 Å². The van der Waals surface area contributed by atoms with E-state index in [0.29, 0.717) is 0 Å². The highest BCUT2D eigenvalue weighted by Crippen LogP contribution is 2.26. The summed E-state index contributed by atoms with van der Waals surface area (Å²) >= 11 is 1.76. The van der Waals surface area contributed by atoms with Gasteiger partial charge in [-0.2, -0.15) is 0 Å². The molecule has 24 heavy (non-hydrogen) atoms. The molecule has 7 heteroatoms. The van der Waals surface area contributed by atoms with Gasteiger partial charge in [-0.25, -0.2) is 0 Å². The minimum absolute atomic E-state index is 0. The maximum absolute atomic E-state index is 12.0. The molecule has 0 radical (unpaired) electrons. The lowest BCUT2D eigenvalue weighted by Gasteiger charge is -2.29. The molecule has 1 rings (SSSR count). The third kappa shape index (κ3) is 7.83. The van der Waals surface area contributed by atoms with Crippen LogP contribution < -0.4 is 10.6 Å². The van der Waals surface area contributed by atoms with Crippen LogP contribution in [0.5, 0.6) is 0 Å². The summed E-state index contributed by atoms with van der Waals surface area (Å²) in [6, 6.07) is 4.22. The number of guanidine groups is 1. The monoisotopic (exact) mass is 466 g/mol. The SMILES string of the molecule is CN=C(NCC(C)(C)c1cccs1)N(C)CC(=O)NC(C)(C)C.I. The third-order valence-corrected chi connectivity index (χ3v) is 4.58. The van der Waals surface area contributed by atoms with E-state index in [9.17, 15) is 4.79 Å². The number of nitrogens with zero attached hydrogens (tertiary/aromatic N) is 2. The van der Waals surface area contributed by atoms with Crippen LogP contribution in [-0.2, 0) is 10.2 Å². The van der Waals surface area contributed by atoms with E-state index in [2.05, 4.69) is 47.0 Å². The quantitative estimate of drug-likeness (QED) is 0.399. The molecule has 138 valence electrons. The lowest BCUT2D eigenvalue weighted by Crippen LogP contribution is -2.50. The Morgan fingerprint density at radius 2 is 1.92 bits per heavy atom. The molecule has 0 fully saturated rings. The summed E-state index contributed by atoms with van der Waals surface area (Å²) in [5, 5.41) is 8.42. The van der Waals surface area contributed by atoms with Crippen molar-refractivity contribution in [3.8, 4) is 0 Å². The van der Waals surface area contributed by atoms with Crippen LogP contribution in [-0.4, -0.2) is 49.5 Å². The average Bonchev–Trinajstić information content (AvgIpc) is 2.91. The van der Waals surface area contributed by atoms with Crippen molar-refractivity contribution in [3.63, 3.8) is 0 Å². The van der Waals surface area contributed by atoms with Crippen LogP contribution in [0.2, 0.25) is 0 Å². The molecule has 0 atom stereocenters. The molecule has 1 amide bonds. The van der Waals surface area contributed by atoms with Gasteiger partial charge in [-0.3, -0.25) is 9.79 Å². The van der Waals surface area contributed by atoms with Gasteiger partial charge in [0.15, 0.2) is 5.96 Å². The van der Waals surface area contributed by atoms with E-state index >= 15 is 0 Å². The molecule has 0 aliphatic rings. The molecule has 0 aliphatic heterocycles. The molecule has 0 aromatic carbocycles. The number of aliphatic imine (C=N–C) groups is 1. The standard InChI is InChI=1S/C17H30N4OS.HI/c1-16(2,3)20-14(22)11-21(7)15(18-6)19-12-17(4,5)13-9-8-10-23-13;/h8-10H,11-12H2,1-7H3,(H,18,19)(H,20,22);1H. The smallest absolute Gasteiger partial charge is 0.240 e.